The van der Waals surface area contributed by atoms with Crippen molar-refractivity contribution >= 4 is 52.3 Å². The maximum Gasteiger partial charge on any atom is 0.271 e. The van der Waals surface area contributed by atoms with Gasteiger partial charge >= 0.3 is 0 Å². The molecule has 2 aromatic rings. The van der Waals surface area contributed by atoms with E-state index in [0.717, 1.165) is 5.56 Å². The van der Waals surface area contributed by atoms with Gasteiger partial charge in [-0.15, -0.1) is 0 Å². The molecule has 0 atom stereocenters. The first-order chi connectivity index (χ1) is 9.47. The zero-order valence-electron chi connectivity index (χ0n) is 9.96. The van der Waals surface area contributed by atoms with Crippen molar-refractivity contribution in [2.24, 2.45) is 0 Å². The van der Waals surface area contributed by atoms with Crippen molar-refractivity contribution in [3.63, 3.8) is 0 Å². The van der Waals surface area contributed by atoms with Crippen molar-refractivity contribution in [2.75, 3.05) is 0 Å². The van der Waals surface area contributed by atoms with Crippen molar-refractivity contribution in [1.82, 2.24) is 10.3 Å². The van der Waals surface area contributed by atoms with Gasteiger partial charge in [-0.25, -0.2) is 4.98 Å². The number of benzene rings is 1. The molecule has 1 amide bonds. The number of nitrogens with one attached hydrogen (secondary N) is 1. The van der Waals surface area contributed by atoms with Crippen LogP contribution in [-0.2, 0) is 6.54 Å². The van der Waals surface area contributed by atoms with Gasteiger partial charge < -0.3 is 5.32 Å². The predicted molar refractivity (Wildman–Crippen MR) is 81.9 cm³/mol. The molecule has 0 saturated heterocycles. The molecule has 0 spiro atoms. The molecule has 7 heteroatoms. The fourth-order valence-corrected chi connectivity index (χ4v) is 2.32. The van der Waals surface area contributed by atoms with Gasteiger partial charge in [-0.1, -0.05) is 52.5 Å². The van der Waals surface area contributed by atoms with E-state index in [1.54, 1.807) is 18.2 Å². The Morgan fingerprint density at radius 1 is 1.05 bits per heavy atom. The molecule has 0 radical (unpaired) electrons. The summed E-state index contributed by atoms with van der Waals surface area (Å²) in [5.41, 5.74) is 0.812. The first kappa shape index (κ1) is 15.4. The first-order valence-corrected chi connectivity index (χ1v) is 7.02. The largest absolute Gasteiger partial charge is 0.347 e. The van der Waals surface area contributed by atoms with Gasteiger partial charge in [0.2, 0.25) is 0 Å². The molecule has 0 unspecified atom stereocenters. The van der Waals surface area contributed by atoms with Crippen molar-refractivity contribution in [3.05, 3.63) is 61.8 Å². The molecule has 0 bridgehead atoms. The smallest absolute Gasteiger partial charge is 0.271 e. The quantitative estimate of drug-likeness (QED) is 0.821. The zero-order chi connectivity index (χ0) is 14.7. The summed E-state index contributed by atoms with van der Waals surface area (Å²) in [6.45, 7) is 0.235. The van der Waals surface area contributed by atoms with E-state index in [4.69, 9.17) is 46.4 Å². The third-order valence-corrected chi connectivity index (χ3v) is 3.58. The lowest BCUT2D eigenvalue weighted by atomic mass is 10.2. The number of hydrogen-bond donors (Lipinski definition) is 1. The maximum atomic E-state index is 12.0. The summed E-state index contributed by atoms with van der Waals surface area (Å²) in [5.74, 6) is -0.427. The number of amides is 1. The summed E-state index contributed by atoms with van der Waals surface area (Å²) in [6, 6.07) is 8.06. The minimum atomic E-state index is -0.427. The summed E-state index contributed by atoms with van der Waals surface area (Å²) in [7, 11) is 0. The van der Waals surface area contributed by atoms with E-state index < -0.39 is 5.91 Å². The number of aromatic nitrogens is 1. The molecule has 0 aliphatic rings. The summed E-state index contributed by atoms with van der Waals surface area (Å²) in [5, 5.41) is 4.11. The number of rotatable bonds is 3. The Labute approximate surface area is 135 Å². The van der Waals surface area contributed by atoms with Crippen molar-refractivity contribution in [2.45, 2.75) is 6.54 Å². The predicted octanol–water partition coefficient (Wildman–Crippen LogP) is 4.63. The van der Waals surface area contributed by atoms with Gasteiger partial charge in [-0.2, -0.15) is 0 Å². The van der Waals surface area contributed by atoms with E-state index in [0.29, 0.717) is 10.0 Å². The van der Waals surface area contributed by atoms with Crippen molar-refractivity contribution < 1.29 is 4.79 Å². The van der Waals surface area contributed by atoms with Crippen LogP contribution in [0.15, 0.2) is 30.3 Å². The van der Waals surface area contributed by atoms with Crippen LogP contribution in [0, 0.1) is 0 Å². The fraction of sp³-hybridized carbons (Fsp3) is 0.0769. The minimum absolute atomic E-state index is 0.0734. The Bertz CT molecular complexity index is 661. The second kappa shape index (κ2) is 6.64. The van der Waals surface area contributed by atoms with Gasteiger partial charge in [0.05, 0.1) is 5.02 Å². The number of nitrogens with zero attached hydrogens (tertiary/aromatic N) is 1. The molecule has 104 valence electrons. The standard InChI is InChI=1S/C13H8Cl4N2O/c14-8-2-1-7(10(16)5-8)6-18-13(20)12-9(15)3-4-11(17)19-12/h1-5H,6H2,(H,18,20). The molecule has 1 aromatic carbocycles. The van der Waals surface area contributed by atoms with E-state index in [-0.39, 0.29) is 22.4 Å². The SMILES string of the molecule is O=C(NCc1ccc(Cl)cc1Cl)c1nc(Cl)ccc1Cl. The van der Waals surface area contributed by atoms with E-state index in [9.17, 15) is 4.79 Å². The molecule has 0 fully saturated rings. The van der Waals surface area contributed by atoms with Crippen LogP contribution in [0.5, 0.6) is 0 Å². The van der Waals surface area contributed by atoms with Gasteiger partial charge in [-0.05, 0) is 29.8 Å². The van der Waals surface area contributed by atoms with Crippen LogP contribution in [0.2, 0.25) is 20.2 Å². The highest BCUT2D eigenvalue weighted by Gasteiger charge is 2.13. The normalized spacial score (nSPS) is 10.4. The van der Waals surface area contributed by atoms with Crippen LogP contribution >= 0.6 is 46.4 Å². The average Bonchev–Trinajstić information content (AvgIpc) is 2.40. The number of carbonyl (C=O) groups is 1. The molecule has 0 aliphatic carbocycles. The summed E-state index contributed by atoms with van der Waals surface area (Å²) in [6.07, 6.45) is 0. The molecule has 0 aliphatic heterocycles. The molecule has 3 nitrogen and oxygen atoms in total. The number of pyridine rings is 1. The molecule has 0 saturated carbocycles. The third-order valence-electron chi connectivity index (χ3n) is 2.48. The first-order valence-electron chi connectivity index (χ1n) is 5.51. The lowest BCUT2D eigenvalue weighted by Crippen LogP contribution is -2.24. The molecular weight excluding hydrogens is 342 g/mol. The Kier molecular flexibility index (Phi) is 5.11. The monoisotopic (exact) mass is 348 g/mol. The van der Waals surface area contributed by atoms with Gasteiger partial charge in [0.15, 0.2) is 0 Å². The third kappa shape index (κ3) is 3.76. The Balaban J connectivity index is 2.10. The lowest BCUT2D eigenvalue weighted by Gasteiger charge is -2.08. The summed E-state index contributed by atoms with van der Waals surface area (Å²) < 4.78 is 0. The van der Waals surface area contributed by atoms with Crippen LogP contribution in [0.25, 0.3) is 0 Å². The maximum absolute atomic E-state index is 12.0. The highest BCUT2D eigenvalue weighted by molar-refractivity contribution is 6.35. The van der Waals surface area contributed by atoms with Gasteiger partial charge in [0.1, 0.15) is 10.8 Å². The topological polar surface area (TPSA) is 42.0 Å². The number of carbonyl (C=O) groups excluding carboxylic acids is 1. The zero-order valence-corrected chi connectivity index (χ0v) is 13.0. The van der Waals surface area contributed by atoms with Crippen molar-refractivity contribution in [3.8, 4) is 0 Å². The molecule has 20 heavy (non-hydrogen) atoms. The Morgan fingerprint density at radius 3 is 2.50 bits per heavy atom. The van der Waals surface area contributed by atoms with Gasteiger partial charge in [0, 0.05) is 16.6 Å². The summed E-state index contributed by atoms with van der Waals surface area (Å²) in [4.78, 5) is 15.9. The van der Waals surface area contributed by atoms with Crippen molar-refractivity contribution in [1.29, 1.82) is 0 Å². The van der Waals surface area contributed by atoms with Crippen LogP contribution in [0.4, 0.5) is 0 Å². The van der Waals surface area contributed by atoms with E-state index >= 15 is 0 Å². The number of halogens is 4. The van der Waals surface area contributed by atoms with Crippen LogP contribution < -0.4 is 5.32 Å². The summed E-state index contributed by atoms with van der Waals surface area (Å²) >= 11 is 23.5. The highest BCUT2D eigenvalue weighted by Crippen LogP contribution is 2.21. The van der Waals surface area contributed by atoms with Crippen LogP contribution in [0.1, 0.15) is 16.1 Å². The highest BCUT2D eigenvalue weighted by atomic mass is 35.5. The Hall–Kier alpha value is -1.000. The minimum Gasteiger partial charge on any atom is -0.347 e. The number of hydrogen-bond acceptors (Lipinski definition) is 2. The van der Waals surface area contributed by atoms with Gasteiger partial charge in [-0.3, -0.25) is 4.79 Å². The van der Waals surface area contributed by atoms with E-state index in [1.165, 1.54) is 12.1 Å². The van der Waals surface area contributed by atoms with Crippen LogP contribution in [0.3, 0.4) is 0 Å². The second-order valence-corrected chi connectivity index (χ2v) is 5.52. The average molecular weight is 350 g/mol. The molecule has 1 heterocycles. The second-order valence-electron chi connectivity index (χ2n) is 3.88. The van der Waals surface area contributed by atoms with Gasteiger partial charge in [0.25, 0.3) is 5.91 Å². The van der Waals surface area contributed by atoms with E-state index in [2.05, 4.69) is 10.3 Å². The molecule has 1 aromatic heterocycles. The van der Waals surface area contributed by atoms with Crippen LogP contribution in [-0.4, -0.2) is 10.9 Å². The fourth-order valence-electron chi connectivity index (χ4n) is 1.50. The molecule has 1 N–H and O–H groups in total. The molecular formula is C13H8Cl4N2O. The molecule has 2 rings (SSSR count). The lowest BCUT2D eigenvalue weighted by molar-refractivity contribution is 0.0946. The van der Waals surface area contributed by atoms with E-state index in [1.807, 2.05) is 0 Å². The Morgan fingerprint density at radius 2 is 1.80 bits per heavy atom.